The maximum Gasteiger partial charge on any atom is 0.371 e. The number of carbonyl (C=O) groups is 1. The van der Waals surface area contributed by atoms with E-state index >= 15 is 0 Å². The number of hydrogen-bond donors (Lipinski definition) is 1. The van der Waals surface area contributed by atoms with E-state index in [0.29, 0.717) is 9.37 Å². The minimum atomic E-state index is -0.853. The van der Waals surface area contributed by atoms with Gasteiger partial charge in [0, 0.05) is 22.2 Å². The summed E-state index contributed by atoms with van der Waals surface area (Å²) >= 11 is 4.48. The molecule has 0 aliphatic carbocycles. The first kappa shape index (κ1) is 15.6. The van der Waals surface area contributed by atoms with Crippen LogP contribution < -0.4 is 0 Å². The molecule has 0 atom stereocenters. The average molecular weight is 369 g/mol. The minimum Gasteiger partial charge on any atom is -0.392 e. The van der Waals surface area contributed by atoms with Crippen molar-refractivity contribution in [1.29, 1.82) is 0 Å². The SMILES string of the molecule is O=NOC(=O)c1c(Br)cncc1Sc1ccc(CO)cc1. The van der Waals surface area contributed by atoms with E-state index in [4.69, 9.17) is 5.11 Å². The third-order valence-electron chi connectivity index (χ3n) is 2.52. The van der Waals surface area contributed by atoms with Crippen molar-refractivity contribution in [3.8, 4) is 0 Å². The lowest BCUT2D eigenvalue weighted by Crippen LogP contribution is -2.04. The normalized spacial score (nSPS) is 10.2. The summed E-state index contributed by atoms with van der Waals surface area (Å²) in [5.74, 6) is -0.853. The van der Waals surface area contributed by atoms with Crippen LogP contribution >= 0.6 is 27.7 Å². The summed E-state index contributed by atoms with van der Waals surface area (Å²) in [6.45, 7) is -0.0357. The van der Waals surface area contributed by atoms with Crippen molar-refractivity contribution in [3.63, 3.8) is 0 Å². The number of aliphatic hydroxyl groups excluding tert-OH is 1. The third-order valence-corrected chi connectivity index (χ3v) is 4.16. The highest BCUT2D eigenvalue weighted by atomic mass is 79.9. The van der Waals surface area contributed by atoms with E-state index in [0.717, 1.165) is 10.5 Å². The second-order valence-electron chi connectivity index (χ2n) is 3.85. The first-order valence-electron chi connectivity index (χ1n) is 5.71. The van der Waals surface area contributed by atoms with Gasteiger partial charge in [0.05, 0.1) is 16.6 Å². The predicted octanol–water partition coefficient (Wildman–Crippen LogP) is 3.33. The molecule has 1 aromatic carbocycles. The molecule has 0 spiro atoms. The van der Waals surface area contributed by atoms with Crippen LogP contribution in [0.25, 0.3) is 0 Å². The second kappa shape index (κ2) is 7.30. The Labute approximate surface area is 132 Å². The van der Waals surface area contributed by atoms with Gasteiger partial charge in [-0.1, -0.05) is 23.9 Å². The molecule has 0 aliphatic heterocycles. The van der Waals surface area contributed by atoms with Crippen molar-refractivity contribution in [2.24, 2.45) is 5.34 Å². The van der Waals surface area contributed by atoms with E-state index in [-0.39, 0.29) is 12.2 Å². The van der Waals surface area contributed by atoms with Crippen LogP contribution in [0.4, 0.5) is 0 Å². The lowest BCUT2D eigenvalue weighted by molar-refractivity contribution is 0.0503. The van der Waals surface area contributed by atoms with Gasteiger partial charge in [-0.2, -0.15) is 0 Å². The Morgan fingerprint density at radius 2 is 2.05 bits per heavy atom. The van der Waals surface area contributed by atoms with E-state index in [1.165, 1.54) is 24.2 Å². The summed E-state index contributed by atoms with van der Waals surface area (Å²) in [6.07, 6.45) is 2.93. The van der Waals surface area contributed by atoms with Crippen LogP contribution in [0.15, 0.2) is 56.3 Å². The molecule has 6 nitrogen and oxygen atoms in total. The van der Waals surface area contributed by atoms with E-state index < -0.39 is 5.97 Å². The fourth-order valence-electron chi connectivity index (χ4n) is 1.56. The van der Waals surface area contributed by atoms with Gasteiger partial charge in [0.15, 0.2) is 5.34 Å². The van der Waals surface area contributed by atoms with Crippen LogP contribution in [-0.4, -0.2) is 16.1 Å². The van der Waals surface area contributed by atoms with E-state index in [1.54, 1.807) is 12.1 Å². The van der Waals surface area contributed by atoms with Crippen molar-refractivity contribution < 1.29 is 14.7 Å². The molecule has 0 aliphatic rings. The smallest absolute Gasteiger partial charge is 0.371 e. The molecule has 0 fully saturated rings. The second-order valence-corrected chi connectivity index (χ2v) is 5.82. The van der Waals surface area contributed by atoms with Gasteiger partial charge in [-0.3, -0.25) is 9.82 Å². The molecule has 0 saturated heterocycles. The van der Waals surface area contributed by atoms with Crippen LogP contribution in [0, 0.1) is 4.91 Å². The molecule has 0 bridgehead atoms. The fraction of sp³-hybridized carbons (Fsp3) is 0.0769. The van der Waals surface area contributed by atoms with E-state index in [1.807, 2.05) is 12.1 Å². The highest BCUT2D eigenvalue weighted by Crippen LogP contribution is 2.33. The highest BCUT2D eigenvalue weighted by Gasteiger charge is 2.19. The molecule has 0 radical (unpaired) electrons. The molecule has 1 aromatic heterocycles. The van der Waals surface area contributed by atoms with Crippen molar-refractivity contribution in [1.82, 2.24) is 4.98 Å². The topological polar surface area (TPSA) is 88.9 Å². The largest absolute Gasteiger partial charge is 0.392 e. The number of carbonyl (C=O) groups excluding carboxylic acids is 1. The van der Waals surface area contributed by atoms with Crippen molar-refractivity contribution >= 4 is 33.7 Å². The minimum absolute atomic E-state index is 0.0357. The van der Waals surface area contributed by atoms with Crippen LogP contribution in [0.2, 0.25) is 0 Å². The highest BCUT2D eigenvalue weighted by molar-refractivity contribution is 9.10. The van der Waals surface area contributed by atoms with Crippen molar-refractivity contribution in [3.05, 3.63) is 57.2 Å². The number of benzene rings is 1. The van der Waals surface area contributed by atoms with Gasteiger partial charge >= 0.3 is 5.97 Å². The first-order chi connectivity index (χ1) is 10.2. The molecular weight excluding hydrogens is 360 g/mol. The summed E-state index contributed by atoms with van der Waals surface area (Å²) < 4.78 is 0.410. The van der Waals surface area contributed by atoms with Crippen molar-refractivity contribution in [2.45, 2.75) is 16.4 Å². The van der Waals surface area contributed by atoms with Gasteiger partial charge in [-0.15, -0.1) is 4.91 Å². The summed E-state index contributed by atoms with van der Waals surface area (Å²) in [4.78, 5) is 31.4. The zero-order valence-corrected chi connectivity index (χ0v) is 12.9. The summed E-state index contributed by atoms with van der Waals surface area (Å²) in [6, 6.07) is 7.17. The Kier molecular flexibility index (Phi) is 5.43. The lowest BCUT2D eigenvalue weighted by Gasteiger charge is -2.08. The Hall–Kier alpha value is -1.77. The number of rotatable bonds is 5. The molecule has 0 unspecified atom stereocenters. The Morgan fingerprint density at radius 3 is 2.67 bits per heavy atom. The first-order valence-corrected chi connectivity index (χ1v) is 7.32. The Bertz CT molecular complexity index is 664. The van der Waals surface area contributed by atoms with Gasteiger partial charge in [-0.25, -0.2) is 4.79 Å². The van der Waals surface area contributed by atoms with Gasteiger partial charge in [0.2, 0.25) is 0 Å². The number of nitrogens with zero attached hydrogens (tertiary/aromatic N) is 2. The zero-order chi connectivity index (χ0) is 15.2. The van der Waals surface area contributed by atoms with E-state index in [2.05, 4.69) is 31.1 Å². The number of halogens is 1. The summed E-state index contributed by atoms with van der Waals surface area (Å²) in [7, 11) is 0. The lowest BCUT2D eigenvalue weighted by atomic mass is 10.2. The summed E-state index contributed by atoms with van der Waals surface area (Å²) in [5, 5.41) is 11.2. The number of aromatic nitrogens is 1. The van der Waals surface area contributed by atoms with Crippen LogP contribution in [0.3, 0.4) is 0 Å². The Morgan fingerprint density at radius 1 is 1.33 bits per heavy atom. The molecule has 1 heterocycles. The standard InChI is InChI=1S/C13H9BrN2O4S/c14-10-5-15-6-11(12(10)13(18)20-16-19)21-9-3-1-8(7-17)2-4-9/h1-6,17H,7H2. The summed E-state index contributed by atoms with van der Waals surface area (Å²) in [5.41, 5.74) is 0.970. The molecule has 21 heavy (non-hydrogen) atoms. The van der Waals surface area contributed by atoms with E-state index in [9.17, 15) is 9.70 Å². The van der Waals surface area contributed by atoms with Crippen LogP contribution in [0.1, 0.15) is 15.9 Å². The van der Waals surface area contributed by atoms with Gasteiger partial charge in [0.25, 0.3) is 0 Å². The molecule has 108 valence electrons. The molecule has 0 amide bonds. The monoisotopic (exact) mass is 368 g/mol. The fourth-order valence-corrected chi connectivity index (χ4v) is 3.12. The molecule has 2 rings (SSSR count). The number of pyridine rings is 1. The van der Waals surface area contributed by atoms with Gasteiger partial charge < -0.3 is 5.11 Å². The maximum absolute atomic E-state index is 11.8. The molecule has 0 saturated carbocycles. The molecular formula is C13H9BrN2O4S. The van der Waals surface area contributed by atoms with Crippen LogP contribution in [-0.2, 0) is 11.4 Å². The quantitative estimate of drug-likeness (QED) is 0.643. The van der Waals surface area contributed by atoms with Gasteiger partial charge in [-0.05, 0) is 33.6 Å². The third kappa shape index (κ3) is 3.87. The number of hydrogen-bond acceptors (Lipinski definition) is 7. The molecule has 1 N–H and O–H groups in total. The number of aliphatic hydroxyl groups is 1. The van der Waals surface area contributed by atoms with Crippen LogP contribution in [0.5, 0.6) is 0 Å². The van der Waals surface area contributed by atoms with Gasteiger partial charge in [0.1, 0.15) is 0 Å². The van der Waals surface area contributed by atoms with Crippen molar-refractivity contribution in [2.75, 3.05) is 0 Å². The average Bonchev–Trinajstić information content (AvgIpc) is 2.48. The zero-order valence-electron chi connectivity index (χ0n) is 10.5. The predicted molar refractivity (Wildman–Crippen MR) is 79.6 cm³/mol. The Balaban J connectivity index is 2.32. The molecule has 2 aromatic rings. The maximum atomic E-state index is 11.8. The molecule has 8 heteroatoms.